The first kappa shape index (κ1) is 24.8. The van der Waals surface area contributed by atoms with Gasteiger partial charge in [-0.3, -0.25) is 4.99 Å². The second-order valence-electron chi connectivity index (χ2n) is 11.6. The Morgan fingerprint density at radius 2 is 1.30 bits per heavy atom. The van der Waals surface area contributed by atoms with Gasteiger partial charge in [-0.15, -0.1) is 0 Å². The molecule has 1 aliphatic rings. The number of fused-ring (bicyclic) bond motifs is 9. The van der Waals surface area contributed by atoms with Crippen LogP contribution in [0.15, 0.2) is 145 Å². The lowest BCUT2D eigenvalue weighted by molar-refractivity contribution is 1.25. The van der Waals surface area contributed by atoms with E-state index in [0.29, 0.717) is 0 Å². The van der Waals surface area contributed by atoms with E-state index in [9.17, 15) is 0 Å². The minimum Gasteiger partial charge on any atom is -0.309 e. The summed E-state index contributed by atoms with van der Waals surface area (Å²) in [5, 5.41) is 10.1. The van der Waals surface area contributed by atoms with Crippen LogP contribution in [0.5, 0.6) is 0 Å². The van der Waals surface area contributed by atoms with Crippen molar-refractivity contribution in [3.05, 3.63) is 140 Å². The standard InChI is InChI=1S/C42H28N2/c1-26(9-8-22-43-2)44-40-21-17-30(25-39(40)36-18-16-27-10-5-6-13-32(27)42(36)44)31-19-20-35-38-24-29-12-4-3-11-28(29)23-37(38)34-15-7-14-33(31)41(34)35/h3-25H,1H2,2H3/b9-8-,43-22-. The Balaban J connectivity index is 1.29. The predicted octanol–water partition coefficient (Wildman–Crippen LogP) is 11.3. The minimum atomic E-state index is 0.907. The van der Waals surface area contributed by atoms with Crippen molar-refractivity contribution in [3.8, 4) is 33.4 Å². The molecule has 2 nitrogen and oxygen atoms in total. The van der Waals surface area contributed by atoms with Gasteiger partial charge in [-0.25, -0.2) is 0 Å². The molecule has 8 aromatic rings. The molecule has 0 saturated heterocycles. The van der Waals surface area contributed by atoms with Crippen molar-refractivity contribution in [1.82, 2.24) is 4.57 Å². The normalized spacial score (nSPS) is 12.6. The molecule has 0 aliphatic heterocycles. The molecule has 9 rings (SSSR count). The fourth-order valence-electron chi connectivity index (χ4n) is 7.35. The van der Waals surface area contributed by atoms with E-state index in [0.717, 1.165) is 11.2 Å². The van der Waals surface area contributed by atoms with Gasteiger partial charge in [0, 0.05) is 35.1 Å². The van der Waals surface area contributed by atoms with Crippen LogP contribution in [0, 0.1) is 0 Å². The van der Waals surface area contributed by atoms with Gasteiger partial charge in [0.2, 0.25) is 0 Å². The Bertz CT molecular complexity index is 2530. The average molecular weight is 561 g/mol. The number of hydrogen-bond acceptors (Lipinski definition) is 1. The molecule has 1 aliphatic carbocycles. The maximum absolute atomic E-state index is 4.48. The topological polar surface area (TPSA) is 17.3 Å². The van der Waals surface area contributed by atoms with Crippen LogP contribution in [-0.4, -0.2) is 17.8 Å². The van der Waals surface area contributed by atoms with Crippen LogP contribution < -0.4 is 0 Å². The van der Waals surface area contributed by atoms with E-state index in [2.05, 4.69) is 137 Å². The second-order valence-corrected chi connectivity index (χ2v) is 11.6. The van der Waals surface area contributed by atoms with Crippen molar-refractivity contribution in [2.24, 2.45) is 4.99 Å². The van der Waals surface area contributed by atoms with Crippen LogP contribution in [0.1, 0.15) is 0 Å². The summed E-state index contributed by atoms with van der Waals surface area (Å²) in [6.45, 7) is 4.48. The van der Waals surface area contributed by atoms with Gasteiger partial charge in [0.15, 0.2) is 0 Å². The summed E-state index contributed by atoms with van der Waals surface area (Å²) < 4.78 is 2.30. The number of hydrogen-bond donors (Lipinski definition) is 0. The highest BCUT2D eigenvalue weighted by Gasteiger charge is 2.24. The molecule has 7 aromatic carbocycles. The molecule has 0 radical (unpaired) electrons. The monoisotopic (exact) mass is 560 g/mol. The third-order valence-corrected chi connectivity index (χ3v) is 9.28. The summed E-state index contributed by atoms with van der Waals surface area (Å²) in [6.07, 6.45) is 5.78. The molecule has 0 bridgehead atoms. The van der Waals surface area contributed by atoms with Crippen molar-refractivity contribution >= 4 is 66.0 Å². The fraction of sp³-hybridized carbons (Fsp3) is 0.0238. The number of benzene rings is 7. The first-order valence-corrected chi connectivity index (χ1v) is 15.0. The highest BCUT2D eigenvalue weighted by atomic mass is 15.0. The van der Waals surface area contributed by atoms with Crippen LogP contribution in [0.3, 0.4) is 0 Å². The third-order valence-electron chi connectivity index (χ3n) is 9.28. The lowest BCUT2D eigenvalue weighted by Gasteiger charge is -2.11. The molecule has 0 spiro atoms. The number of nitrogens with zero attached hydrogens (tertiary/aromatic N) is 2. The van der Waals surface area contributed by atoms with Gasteiger partial charge in [-0.1, -0.05) is 104 Å². The lowest BCUT2D eigenvalue weighted by Crippen LogP contribution is -1.94. The molecule has 0 atom stereocenters. The molecule has 44 heavy (non-hydrogen) atoms. The molecule has 1 heterocycles. The predicted molar refractivity (Wildman–Crippen MR) is 191 cm³/mol. The van der Waals surface area contributed by atoms with Crippen molar-refractivity contribution in [3.63, 3.8) is 0 Å². The highest BCUT2D eigenvalue weighted by Crippen LogP contribution is 2.50. The average Bonchev–Trinajstić information content (AvgIpc) is 3.57. The van der Waals surface area contributed by atoms with E-state index in [-0.39, 0.29) is 0 Å². The van der Waals surface area contributed by atoms with Gasteiger partial charge < -0.3 is 4.57 Å². The zero-order valence-corrected chi connectivity index (χ0v) is 24.4. The number of rotatable bonds is 4. The lowest BCUT2D eigenvalue weighted by atomic mass is 9.93. The third kappa shape index (κ3) is 3.46. The van der Waals surface area contributed by atoms with Crippen LogP contribution in [0.2, 0.25) is 0 Å². The van der Waals surface area contributed by atoms with Crippen LogP contribution in [0.25, 0.3) is 93.2 Å². The summed E-state index contributed by atoms with van der Waals surface area (Å²) in [7, 11) is 1.78. The summed E-state index contributed by atoms with van der Waals surface area (Å²) >= 11 is 0. The Hall–Kier alpha value is -5.73. The second kappa shape index (κ2) is 9.39. The van der Waals surface area contributed by atoms with Gasteiger partial charge in [0.25, 0.3) is 0 Å². The van der Waals surface area contributed by atoms with Crippen LogP contribution >= 0.6 is 0 Å². The molecular weight excluding hydrogens is 532 g/mol. The van der Waals surface area contributed by atoms with E-state index in [1.54, 1.807) is 13.3 Å². The first-order chi connectivity index (χ1) is 21.7. The van der Waals surface area contributed by atoms with E-state index in [1.807, 2.05) is 12.2 Å². The molecule has 0 saturated carbocycles. The maximum Gasteiger partial charge on any atom is 0.0619 e. The van der Waals surface area contributed by atoms with Gasteiger partial charge in [0.1, 0.15) is 0 Å². The zero-order valence-electron chi connectivity index (χ0n) is 24.4. The molecule has 2 heteroatoms. The van der Waals surface area contributed by atoms with Crippen LogP contribution in [0.4, 0.5) is 0 Å². The first-order valence-electron chi connectivity index (χ1n) is 15.0. The smallest absolute Gasteiger partial charge is 0.0619 e. The summed E-state index contributed by atoms with van der Waals surface area (Å²) in [5.41, 5.74) is 11.0. The van der Waals surface area contributed by atoms with Gasteiger partial charge in [-0.2, -0.15) is 0 Å². The quantitative estimate of drug-likeness (QED) is 0.150. The summed E-state index contributed by atoms with van der Waals surface area (Å²) in [4.78, 5) is 4.12. The number of aromatic nitrogens is 1. The van der Waals surface area contributed by atoms with Crippen molar-refractivity contribution in [2.75, 3.05) is 7.05 Å². The maximum atomic E-state index is 4.48. The van der Waals surface area contributed by atoms with Gasteiger partial charge >= 0.3 is 0 Å². The van der Waals surface area contributed by atoms with Crippen LogP contribution in [-0.2, 0) is 0 Å². The molecule has 0 unspecified atom stereocenters. The summed E-state index contributed by atoms with van der Waals surface area (Å²) in [6, 6.07) is 44.8. The zero-order chi connectivity index (χ0) is 29.4. The number of aliphatic imine (C=N–C) groups is 1. The summed E-state index contributed by atoms with van der Waals surface area (Å²) in [5.74, 6) is 0. The molecule has 0 fully saturated rings. The van der Waals surface area contributed by atoms with Gasteiger partial charge in [-0.05, 0) is 96.7 Å². The SMILES string of the molecule is C=C(/C=C\C=N/C)n1c2ccc(-c3ccc4c5c(cccc35)-c3cc5ccccc5cc3-4)cc2c2ccc3ccccc3c21. The number of allylic oxidation sites excluding steroid dienone is 3. The molecule has 206 valence electrons. The molecule has 0 amide bonds. The van der Waals surface area contributed by atoms with E-state index < -0.39 is 0 Å². The highest BCUT2D eigenvalue weighted by molar-refractivity contribution is 6.22. The van der Waals surface area contributed by atoms with Crippen molar-refractivity contribution < 1.29 is 0 Å². The van der Waals surface area contributed by atoms with Gasteiger partial charge in [0.05, 0.1) is 11.0 Å². The van der Waals surface area contributed by atoms with E-state index in [4.69, 9.17) is 0 Å². The van der Waals surface area contributed by atoms with E-state index >= 15 is 0 Å². The fourth-order valence-corrected chi connectivity index (χ4v) is 7.35. The minimum absolute atomic E-state index is 0.907. The molecule has 1 aromatic heterocycles. The Kier molecular flexibility index (Phi) is 5.30. The Labute approximate surface area is 255 Å². The Morgan fingerprint density at radius 3 is 2.09 bits per heavy atom. The van der Waals surface area contributed by atoms with E-state index in [1.165, 1.54) is 82.0 Å². The molecular formula is C42H28N2. The van der Waals surface area contributed by atoms with Crippen molar-refractivity contribution in [1.29, 1.82) is 0 Å². The Morgan fingerprint density at radius 1 is 0.591 bits per heavy atom. The molecule has 0 N–H and O–H groups in total. The largest absolute Gasteiger partial charge is 0.309 e. The van der Waals surface area contributed by atoms with Crippen molar-refractivity contribution in [2.45, 2.75) is 0 Å².